The molecule has 68 valence electrons. The molecule has 0 aliphatic carbocycles. The van der Waals surface area contributed by atoms with Crippen LogP contribution in [0.3, 0.4) is 0 Å². The lowest BCUT2D eigenvalue weighted by Crippen LogP contribution is -2.36. The Hall–Kier alpha value is -0.410. The van der Waals surface area contributed by atoms with Gasteiger partial charge in [-0.3, -0.25) is 0 Å². The fourth-order valence-electron chi connectivity index (χ4n) is 1.97. The number of carbonyl (C=O) groups excluding carboxylic acids is 1. The van der Waals surface area contributed by atoms with E-state index >= 15 is 0 Å². The number of hydrogen-bond acceptors (Lipinski definition) is 3. The molecule has 2 heterocycles. The van der Waals surface area contributed by atoms with Gasteiger partial charge in [0.2, 0.25) is 0 Å². The van der Waals surface area contributed by atoms with E-state index in [1.807, 2.05) is 0 Å². The minimum atomic E-state index is -0.385. The maximum absolute atomic E-state index is 10.5. The molecule has 0 amide bonds. The fraction of sp³-hybridized carbons (Fsp3) is 0.889. The Morgan fingerprint density at radius 1 is 1.33 bits per heavy atom. The SMILES string of the molecule is O=C[C@H]1CC[C@]2(CCCCO2)O1. The summed E-state index contributed by atoms with van der Waals surface area (Å²) in [5.41, 5.74) is 0. The Bertz CT molecular complexity index is 173. The average Bonchev–Trinajstić information content (AvgIpc) is 2.50. The summed E-state index contributed by atoms with van der Waals surface area (Å²) in [4.78, 5) is 10.5. The van der Waals surface area contributed by atoms with Crippen molar-refractivity contribution in [3.8, 4) is 0 Å². The van der Waals surface area contributed by atoms with E-state index in [0.29, 0.717) is 0 Å². The third-order valence-electron chi connectivity index (χ3n) is 2.64. The Balaban J connectivity index is 1.98. The van der Waals surface area contributed by atoms with Gasteiger partial charge in [0.05, 0.1) is 6.61 Å². The van der Waals surface area contributed by atoms with Gasteiger partial charge in [0.1, 0.15) is 12.4 Å². The van der Waals surface area contributed by atoms with Crippen molar-refractivity contribution in [2.24, 2.45) is 0 Å². The summed E-state index contributed by atoms with van der Waals surface area (Å²) in [7, 11) is 0. The maximum atomic E-state index is 10.5. The number of aldehydes is 1. The Labute approximate surface area is 72.0 Å². The summed E-state index contributed by atoms with van der Waals surface area (Å²) >= 11 is 0. The van der Waals surface area contributed by atoms with Crippen LogP contribution in [0.4, 0.5) is 0 Å². The van der Waals surface area contributed by atoms with Crippen LogP contribution in [0.1, 0.15) is 32.1 Å². The second-order valence-electron chi connectivity index (χ2n) is 3.55. The van der Waals surface area contributed by atoms with E-state index in [9.17, 15) is 4.79 Å². The second-order valence-corrected chi connectivity index (χ2v) is 3.55. The van der Waals surface area contributed by atoms with Gasteiger partial charge in [0.15, 0.2) is 5.79 Å². The summed E-state index contributed by atoms with van der Waals surface area (Å²) < 4.78 is 11.1. The first-order valence-corrected chi connectivity index (χ1v) is 4.62. The number of carbonyl (C=O) groups is 1. The minimum Gasteiger partial charge on any atom is -0.350 e. The normalized spacial score (nSPS) is 41.8. The third-order valence-corrected chi connectivity index (χ3v) is 2.64. The van der Waals surface area contributed by atoms with Crippen LogP contribution in [-0.4, -0.2) is 24.8 Å². The van der Waals surface area contributed by atoms with Crippen molar-refractivity contribution in [2.45, 2.75) is 44.0 Å². The lowest BCUT2D eigenvalue weighted by molar-refractivity contribution is -0.240. The Kier molecular flexibility index (Phi) is 2.15. The van der Waals surface area contributed by atoms with Gasteiger partial charge in [0, 0.05) is 12.8 Å². The van der Waals surface area contributed by atoms with E-state index in [1.54, 1.807) is 0 Å². The molecule has 2 aliphatic heterocycles. The van der Waals surface area contributed by atoms with Crippen molar-refractivity contribution in [3.63, 3.8) is 0 Å². The van der Waals surface area contributed by atoms with Crippen LogP contribution in [0, 0.1) is 0 Å². The molecule has 3 heteroatoms. The zero-order valence-corrected chi connectivity index (χ0v) is 7.12. The molecule has 0 aromatic rings. The van der Waals surface area contributed by atoms with Crippen molar-refractivity contribution < 1.29 is 14.3 Å². The predicted molar refractivity (Wildman–Crippen MR) is 42.7 cm³/mol. The van der Waals surface area contributed by atoms with Gasteiger partial charge in [0.25, 0.3) is 0 Å². The molecule has 1 spiro atoms. The smallest absolute Gasteiger partial charge is 0.169 e. The van der Waals surface area contributed by atoms with Crippen molar-refractivity contribution in [1.82, 2.24) is 0 Å². The van der Waals surface area contributed by atoms with Gasteiger partial charge in [-0.05, 0) is 19.3 Å². The lowest BCUT2D eigenvalue weighted by Gasteiger charge is -2.32. The van der Waals surface area contributed by atoms with Crippen molar-refractivity contribution >= 4 is 6.29 Å². The molecule has 2 fully saturated rings. The molecule has 0 saturated carbocycles. The zero-order valence-electron chi connectivity index (χ0n) is 7.12. The molecule has 0 N–H and O–H groups in total. The molecule has 3 nitrogen and oxygen atoms in total. The maximum Gasteiger partial charge on any atom is 0.169 e. The second kappa shape index (κ2) is 3.15. The van der Waals surface area contributed by atoms with Crippen molar-refractivity contribution in [2.75, 3.05) is 6.61 Å². The first kappa shape index (κ1) is 8.20. The monoisotopic (exact) mass is 170 g/mol. The van der Waals surface area contributed by atoms with E-state index in [4.69, 9.17) is 9.47 Å². The highest BCUT2D eigenvalue weighted by atomic mass is 16.7. The van der Waals surface area contributed by atoms with Crippen molar-refractivity contribution in [1.29, 1.82) is 0 Å². The quantitative estimate of drug-likeness (QED) is 0.556. The molecule has 12 heavy (non-hydrogen) atoms. The molecule has 0 aromatic carbocycles. The highest BCUT2D eigenvalue weighted by Crippen LogP contribution is 2.37. The lowest BCUT2D eigenvalue weighted by atomic mass is 10.0. The van der Waals surface area contributed by atoms with Crippen LogP contribution >= 0.6 is 0 Å². The van der Waals surface area contributed by atoms with Crippen LogP contribution in [0.15, 0.2) is 0 Å². The van der Waals surface area contributed by atoms with Crippen LogP contribution in [0.5, 0.6) is 0 Å². The molecule has 0 bridgehead atoms. The summed E-state index contributed by atoms with van der Waals surface area (Å²) in [6.45, 7) is 0.783. The van der Waals surface area contributed by atoms with Crippen LogP contribution in [0.25, 0.3) is 0 Å². The summed E-state index contributed by atoms with van der Waals surface area (Å²) in [6, 6.07) is 0. The van der Waals surface area contributed by atoms with Crippen LogP contribution in [-0.2, 0) is 14.3 Å². The standard InChI is InChI=1S/C9H14O3/c10-7-8-3-5-9(12-8)4-1-2-6-11-9/h7-8H,1-6H2/t8-,9+/m1/s1. The van der Waals surface area contributed by atoms with E-state index in [2.05, 4.69) is 0 Å². The summed E-state index contributed by atoms with van der Waals surface area (Å²) in [6.07, 6.45) is 5.61. The molecule has 0 radical (unpaired) electrons. The summed E-state index contributed by atoms with van der Waals surface area (Å²) in [5, 5.41) is 0. The van der Waals surface area contributed by atoms with Gasteiger partial charge in [-0.1, -0.05) is 0 Å². The number of ether oxygens (including phenoxy) is 2. The molecule has 2 atom stereocenters. The highest BCUT2D eigenvalue weighted by Gasteiger charge is 2.42. The van der Waals surface area contributed by atoms with Gasteiger partial charge in [-0.25, -0.2) is 0 Å². The van der Waals surface area contributed by atoms with Crippen LogP contribution in [0.2, 0.25) is 0 Å². The number of rotatable bonds is 1. The first-order valence-electron chi connectivity index (χ1n) is 4.62. The number of hydrogen-bond donors (Lipinski definition) is 0. The predicted octanol–water partition coefficient (Wildman–Crippen LogP) is 1.26. The van der Waals surface area contributed by atoms with Gasteiger partial charge < -0.3 is 14.3 Å². The van der Waals surface area contributed by atoms with Crippen LogP contribution < -0.4 is 0 Å². The van der Waals surface area contributed by atoms with Crippen molar-refractivity contribution in [3.05, 3.63) is 0 Å². The molecule has 2 saturated heterocycles. The fourth-order valence-corrected chi connectivity index (χ4v) is 1.97. The third kappa shape index (κ3) is 1.39. The average molecular weight is 170 g/mol. The van der Waals surface area contributed by atoms with Gasteiger partial charge in [-0.15, -0.1) is 0 Å². The van der Waals surface area contributed by atoms with E-state index in [1.165, 1.54) is 0 Å². The molecule has 2 aliphatic rings. The summed E-state index contributed by atoms with van der Waals surface area (Å²) in [5.74, 6) is -0.385. The van der Waals surface area contributed by atoms with Gasteiger partial charge >= 0.3 is 0 Å². The highest BCUT2D eigenvalue weighted by molar-refractivity contribution is 5.56. The molecule has 0 unspecified atom stereocenters. The van der Waals surface area contributed by atoms with E-state index in [0.717, 1.165) is 45.0 Å². The largest absolute Gasteiger partial charge is 0.350 e. The molecular weight excluding hydrogens is 156 g/mol. The molecule has 0 aromatic heterocycles. The van der Waals surface area contributed by atoms with Gasteiger partial charge in [-0.2, -0.15) is 0 Å². The Morgan fingerprint density at radius 3 is 2.83 bits per heavy atom. The molecular formula is C9H14O3. The first-order chi connectivity index (χ1) is 5.85. The minimum absolute atomic E-state index is 0.219. The topological polar surface area (TPSA) is 35.5 Å². The van der Waals surface area contributed by atoms with E-state index in [-0.39, 0.29) is 11.9 Å². The zero-order chi connectivity index (χ0) is 8.44. The van der Waals surface area contributed by atoms with E-state index < -0.39 is 0 Å². The Morgan fingerprint density at radius 2 is 2.25 bits per heavy atom. The molecule has 2 rings (SSSR count).